The Bertz CT molecular complexity index is 508. The number of hydrogen-bond donors (Lipinski definition) is 2. The normalized spacial score (nSPS) is 9.70. The largest absolute Gasteiger partial charge is 0.484 e. The average molecular weight is 301 g/mol. The van der Waals surface area contributed by atoms with Gasteiger partial charge in [0.1, 0.15) is 11.6 Å². The molecule has 0 aliphatic heterocycles. The predicted molar refractivity (Wildman–Crippen MR) is 72.9 cm³/mol. The van der Waals surface area contributed by atoms with Crippen LogP contribution in [0.3, 0.4) is 0 Å². The Morgan fingerprint density at radius 2 is 2.25 bits per heavy atom. The highest BCUT2D eigenvalue weighted by atomic mass is 35.5. The summed E-state index contributed by atoms with van der Waals surface area (Å²) in [5, 5.41) is 4.93. The molecule has 0 saturated heterocycles. The molecule has 108 valence electrons. The van der Waals surface area contributed by atoms with Crippen molar-refractivity contribution in [1.82, 2.24) is 10.6 Å². The molecule has 0 saturated carbocycles. The maximum atomic E-state index is 13.1. The van der Waals surface area contributed by atoms with E-state index < -0.39 is 11.7 Å². The number of carbonyl (C=O) groups is 2. The minimum atomic E-state index is -0.617. The fourth-order valence-electron chi connectivity index (χ4n) is 1.29. The molecule has 1 aromatic rings. The molecular weight excluding hydrogens is 287 g/mol. The number of carbonyl (C=O) groups excluding carboxylic acids is 2. The number of hydrogen-bond acceptors (Lipinski definition) is 3. The summed E-state index contributed by atoms with van der Waals surface area (Å²) in [4.78, 5) is 21.5. The summed E-state index contributed by atoms with van der Waals surface area (Å²) in [5.41, 5.74) is 0.454. The summed E-state index contributed by atoms with van der Waals surface area (Å²) >= 11 is 5.52. The molecule has 0 heterocycles. The Balaban J connectivity index is 2.33. The van der Waals surface area contributed by atoms with Crippen LogP contribution in [-0.4, -0.2) is 25.5 Å². The molecule has 5 nitrogen and oxygen atoms in total. The van der Waals surface area contributed by atoms with E-state index in [9.17, 15) is 14.0 Å². The Morgan fingerprint density at radius 1 is 1.50 bits per heavy atom. The van der Waals surface area contributed by atoms with Crippen LogP contribution in [0.2, 0.25) is 5.02 Å². The fourth-order valence-corrected chi connectivity index (χ4v) is 1.41. The van der Waals surface area contributed by atoms with Crippen molar-refractivity contribution >= 4 is 23.9 Å². The van der Waals surface area contributed by atoms with Gasteiger partial charge >= 0.3 is 0 Å². The highest BCUT2D eigenvalue weighted by Gasteiger charge is 2.06. The molecule has 0 fully saturated rings. The molecule has 1 rings (SSSR count). The number of benzene rings is 1. The van der Waals surface area contributed by atoms with E-state index in [-0.39, 0.29) is 17.4 Å². The zero-order chi connectivity index (χ0) is 15.0. The van der Waals surface area contributed by atoms with Gasteiger partial charge in [0.15, 0.2) is 6.61 Å². The summed E-state index contributed by atoms with van der Waals surface area (Å²) in [7, 11) is 0. The van der Waals surface area contributed by atoms with Gasteiger partial charge in [0, 0.05) is 24.7 Å². The second kappa shape index (κ2) is 8.16. The van der Waals surface area contributed by atoms with E-state index in [0.29, 0.717) is 25.1 Å². The number of ether oxygens (including phenoxy) is 1. The first-order chi connectivity index (χ1) is 9.52. The van der Waals surface area contributed by atoms with Crippen molar-refractivity contribution < 1.29 is 18.7 Å². The molecule has 0 spiro atoms. The van der Waals surface area contributed by atoms with Crippen LogP contribution in [-0.2, 0) is 9.59 Å². The summed E-state index contributed by atoms with van der Waals surface area (Å²) in [6.45, 7) is 3.73. The summed E-state index contributed by atoms with van der Waals surface area (Å²) < 4.78 is 18.2. The second-order valence-corrected chi connectivity index (χ2v) is 4.25. The van der Waals surface area contributed by atoms with Crippen LogP contribution >= 0.6 is 11.6 Å². The van der Waals surface area contributed by atoms with Gasteiger partial charge in [-0.05, 0) is 12.1 Å². The van der Waals surface area contributed by atoms with Crippen molar-refractivity contribution in [2.45, 2.75) is 6.42 Å². The molecule has 0 bridgehead atoms. The Hall–Kier alpha value is -2.08. The van der Waals surface area contributed by atoms with Crippen LogP contribution in [0.1, 0.15) is 6.42 Å². The maximum absolute atomic E-state index is 13.1. The van der Waals surface area contributed by atoms with Crippen molar-refractivity contribution in [2.24, 2.45) is 0 Å². The van der Waals surface area contributed by atoms with Gasteiger partial charge in [-0.15, -0.1) is 0 Å². The first kappa shape index (κ1) is 16.0. The molecule has 0 aliphatic carbocycles. The molecule has 0 aromatic heterocycles. The van der Waals surface area contributed by atoms with Crippen molar-refractivity contribution in [3.05, 3.63) is 41.3 Å². The highest BCUT2D eigenvalue weighted by Crippen LogP contribution is 2.20. The maximum Gasteiger partial charge on any atom is 0.262 e. The van der Waals surface area contributed by atoms with Gasteiger partial charge in [-0.2, -0.15) is 0 Å². The molecule has 2 N–H and O–H groups in total. The van der Waals surface area contributed by atoms with Crippen LogP contribution in [0.5, 0.6) is 5.75 Å². The molecule has 0 radical (unpaired) electrons. The van der Waals surface area contributed by atoms with Crippen molar-refractivity contribution in [3.63, 3.8) is 0 Å². The van der Waals surface area contributed by atoms with Crippen molar-refractivity contribution in [2.75, 3.05) is 13.2 Å². The SMILES string of the molecule is C=C(CCNC=O)NC(=O)COc1ccc(Cl)c(F)c1. The molecule has 0 atom stereocenters. The Kier molecular flexibility index (Phi) is 6.52. The first-order valence-corrected chi connectivity index (χ1v) is 6.13. The van der Waals surface area contributed by atoms with Gasteiger partial charge in [-0.1, -0.05) is 18.2 Å². The van der Waals surface area contributed by atoms with Crippen LogP contribution in [0.4, 0.5) is 4.39 Å². The van der Waals surface area contributed by atoms with Gasteiger partial charge < -0.3 is 15.4 Å². The lowest BCUT2D eigenvalue weighted by atomic mass is 10.3. The van der Waals surface area contributed by atoms with E-state index in [2.05, 4.69) is 17.2 Å². The number of amides is 2. The number of nitrogens with one attached hydrogen (secondary N) is 2. The summed E-state index contributed by atoms with van der Waals surface area (Å²) in [5.74, 6) is -0.833. The molecular formula is C13H14ClFN2O3. The Labute approximate surface area is 120 Å². The van der Waals surface area contributed by atoms with Crippen LogP contribution in [0, 0.1) is 5.82 Å². The van der Waals surface area contributed by atoms with Gasteiger partial charge in [0.25, 0.3) is 5.91 Å². The lowest BCUT2D eigenvalue weighted by Gasteiger charge is -2.09. The number of halogens is 2. The van der Waals surface area contributed by atoms with Gasteiger partial charge in [-0.25, -0.2) is 4.39 Å². The molecule has 1 aromatic carbocycles. The van der Waals surface area contributed by atoms with Gasteiger partial charge in [0.05, 0.1) is 5.02 Å². The summed E-state index contributed by atoms with van der Waals surface area (Å²) in [6.07, 6.45) is 0.980. The summed E-state index contributed by atoms with van der Waals surface area (Å²) in [6, 6.07) is 3.90. The molecule has 7 heteroatoms. The first-order valence-electron chi connectivity index (χ1n) is 5.75. The van der Waals surface area contributed by atoms with Gasteiger partial charge in [-0.3, -0.25) is 9.59 Å². The zero-order valence-corrected chi connectivity index (χ0v) is 11.4. The van der Waals surface area contributed by atoms with E-state index in [4.69, 9.17) is 16.3 Å². The van der Waals surface area contributed by atoms with Crippen LogP contribution in [0.25, 0.3) is 0 Å². The molecule has 0 aliphatic rings. The highest BCUT2D eigenvalue weighted by molar-refractivity contribution is 6.30. The Morgan fingerprint density at radius 3 is 2.90 bits per heavy atom. The predicted octanol–water partition coefficient (Wildman–Crippen LogP) is 1.62. The van der Waals surface area contributed by atoms with E-state index >= 15 is 0 Å². The quantitative estimate of drug-likeness (QED) is 0.566. The standard InChI is InChI=1S/C13H14ClFN2O3/c1-9(4-5-16-8-18)17-13(19)7-20-10-2-3-11(14)12(15)6-10/h2-3,6,8H,1,4-5,7H2,(H,16,18)(H,17,19). The average Bonchev–Trinajstić information content (AvgIpc) is 2.40. The lowest BCUT2D eigenvalue weighted by Crippen LogP contribution is -2.29. The van der Waals surface area contributed by atoms with Crippen LogP contribution in [0.15, 0.2) is 30.5 Å². The third kappa shape index (κ3) is 5.71. The second-order valence-electron chi connectivity index (χ2n) is 3.84. The zero-order valence-electron chi connectivity index (χ0n) is 10.6. The monoisotopic (exact) mass is 300 g/mol. The van der Waals surface area contributed by atoms with E-state index in [1.165, 1.54) is 12.1 Å². The fraction of sp³-hybridized carbons (Fsp3) is 0.231. The minimum absolute atomic E-state index is 0.0159. The van der Waals surface area contributed by atoms with Crippen molar-refractivity contribution in [1.29, 1.82) is 0 Å². The third-order valence-corrected chi connectivity index (χ3v) is 2.54. The third-order valence-electron chi connectivity index (χ3n) is 2.23. The number of rotatable bonds is 8. The smallest absolute Gasteiger partial charge is 0.262 e. The van der Waals surface area contributed by atoms with Crippen LogP contribution < -0.4 is 15.4 Å². The molecule has 0 unspecified atom stereocenters. The molecule has 20 heavy (non-hydrogen) atoms. The molecule has 2 amide bonds. The van der Waals surface area contributed by atoms with E-state index in [1.807, 2.05) is 0 Å². The van der Waals surface area contributed by atoms with Crippen molar-refractivity contribution in [3.8, 4) is 5.75 Å². The van der Waals surface area contributed by atoms with Gasteiger partial charge in [0.2, 0.25) is 6.41 Å². The minimum Gasteiger partial charge on any atom is -0.484 e. The topological polar surface area (TPSA) is 67.4 Å². The van der Waals surface area contributed by atoms with E-state index in [1.54, 1.807) is 0 Å². The van der Waals surface area contributed by atoms with E-state index in [0.717, 1.165) is 6.07 Å². The lowest BCUT2D eigenvalue weighted by molar-refractivity contribution is -0.122.